The van der Waals surface area contributed by atoms with E-state index >= 15 is 0 Å². The Morgan fingerprint density at radius 3 is 1.36 bits per heavy atom. The Bertz CT molecular complexity index is 871. The van der Waals surface area contributed by atoms with Crippen LogP contribution in [0.1, 0.15) is 166 Å². The summed E-state index contributed by atoms with van der Waals surface area (Å²) in [4.78, 5) is 0. The van der Waals surface area contributed by atoms with Gasteiger partial charge in [-0.1, -0.05) is 182 Å². The SMILES string of the molecule is CCCCCCCCCCCCC1(CCCCCCCCCCCC)c2cc(Cl)ccc2-c2ccc(Br)cc21. The molecule has 0 bridgehead atoms. The maximum Gasteiger partial charge on any atom is 0.0409 e. The monoisotopic (exact) mass is 614 g/mol. The van der Waals surface area contributed by atoms with Crippen molar-refractivity contribution in [3.8, 4) is 11.1 Å². The van der Waals surface area contributed by atoms with Crippen LogP contribution in [-0.2, 0) is 5.41 Å². The summed E-state index contributed by atoms with van der Waals surface area (Å²) in [6, 6.07) is 13.7. The van der Waals surface area contributed by atoms with E-state index in [0.717, 1.165) is 5.02 Å². The maximum absolute atomic E-state index is 6.64. The fourth-order valence-corrected chi connectivity index (χ4v) is 7.46. The Kier molecular flexibility index (Phi) is 15.6. The van der Waals surface area contributed by atoms with Gasteiger partial charge in [0.1, 0.15) is 0 Å². The molecular weight excluding hydrogens is 560 g/mol. The van der Waals surface area contributed by atoms with Crippen LogP contribution in [0.25, 0.3) is 11.1 Å². The molecule has 2 heteroatoms. The normalized spacial score (nSPS) is 13.5. The number of rotatable bonds is 22. The van der Waals surface area contributed by atoms with Crippen molar-refractivity contribution in [3.05, 3.63) is 57.0 Å². The molecule has 0 aliphatic heterocycles. The van der Waals surface area contributed by atoms with Crippen molar-refractivity contribution in [3.63, 3.8) is 0 Å². The lowest BCUT2D eigenvalue weighted by molar-refractivity contribution is 0.396. The quantitative estimate of drug-likeness (QED) is 0.116. The van der Waals surface area contributed by atoms with E-state index in [1.807, 2.05) is 0 Å². The third kappa shape index (κ3) is 10.2. The summed E-state index contributed by atoms with van der Waals surface area (Å²) in [6.07, 6.45) is 30.3. The largest absolute Gasteiger partial charge is 0.0843 e. The zero-order chi connectivity index (χ0) is 27.8. The lowest BCUT2D eigenvalue weighted by atomic mass is 9.70. The molecule has 0 aromatic heterocycles. The van der Waals surface area contributed by atoms with Crippen molar-refractivity contribution in [2.45, 2.75) is 161 Å². The van der Waals surface area contributed by atoms with Gasteiger partial charge in [0.15, 0.2) is 0 Å². The first-order chi connectivity index (χ1) is 19.1. The number of fused-ring (bicyclic) bond motifs is 3. The van der Waals surface area contributed by atoms with E-state index in [2.05, 4.69) is 66.2 Å². The molecule has 1 aliphatic rings. The van der Waals surface area contributed by atoms with Gasteiger partial charge in [0.25, 0.3) is 0 Å². The van der Waals surface area contributed by atoms with Crippen LogP contribution in [0.4, 0.5) is 0 Å². The molecule has 0 heterocycles. The van der Waals surface area contributed by atoms with Crippen LogP contribution in [-0.4, -0.2) is 0 Å². The van der Waals surface area contributed by atoms with Gasteiger partial charge in [-0.25, -0.2) is 0 Å². The summed E-state index contributed by atoms with van der Waals surface area (Å²) >= 11 is 10.5. The van der Waals surface area contributed by atoms with E-state index in [1.165, 1.54) is 162 Å². The molecule has 0 fully saturated rings. The number of hydrogen-bond acceptors (Lipinski definition) is 0. The van der Waals surface area contributed by atoms with Gasteiger partial charge >= 0.3 is 0 Å². The molecule has 0 atom stereocenters. The van der Waals surface area contributed by atoms with E-state index in [9.17, 15) is 0 Å². The van der Waals surface area contributed by atoms with Gasteiger partial charge in [-0.05, 0) is 59.4 Å². The number of hydrogen-bond donors (Lipinski definition) is 0. The van der Waals surface area contributed by atoms with Gasteiger partial charge in [-0.15, -0.1) is 0 Å². The Hall–Kier alpha value is -0.790. The van der Waals surface area contributed by atoms with Crippen molar-refractivity contribution in [1.29, 1.82) is 0 Å². The molecule has 39 heavy (non-hydrogen) atoms. The highest BCUT2D eigenvalue weighted by Crippen LogP contribution is 2.55. The van der Waals surface area contributed by atoms with E-state index in [1.54, 1.807) is 5.56 Å². The van der Waals surface area contributed by atoms with Crippen LogP contribution < -0.4 is 0 Å². The summed E-state index contributed by atoms with van der Waals surface area (Å²) in [5, 5.41) is 0.885. The van der Waals surface area contributed by atoms with Crippen LogP contribution in [0, 0.1) is 0 Å². The molecular formula is C37H56BrCl. The summed E-state index contributed by atoms with van der Waals surface area (Å²) < 4.78 is 1.20. The highest BCUT2D eigenvalue weighted by atomic mass is 79.9. The van der Waals surface area contributed by atoms with Crippen molar-refractivity contribution in [2.24, 2.45) is 0 Å². The zero-order valence-corrected chi connectivity index (χ0v) is 27.6. The molecule has 0 unspecified atom stereocenters. The number of benzene rings is 2. The lowest BCUT2D eigenvalue weighted by Gasteiger charge is -2.33. The van der Waals surface area contributed by atoms with Gasteiger partial charge in [-0.2, -0.15) is 0 Å². The summed E-state index contributed by atoms with van der Waals surface area (Å²) in [7, 11) is 0. The van der Waals surface area contributed by atoms with Gasteiger partial charge in [0.2, 0.25) is 0 Å². The average molecular weight is 616 g/mol. The smallest absolute Gasteiger partial charge is 0.0409 e. The highest BCUT2D eigenvalue weighted by Gasteiger charge is 2.42. The molecule has 0 amide bonds. The highest BCUT2D eigenvalue weighted by molar-refractivity contribution is 9.10. The molecule has 3 rings (SSSR count). The van der Waals surface area contributed by atoms with Crippen molar-refractivity contribution in [2.75, 3.05) is 0 Å². The standard InChI is InChI=1S/C37H56BrCl/c1-3-5-7-9-11-13-15-17-19-21-27-37(28-22-20-18-16-14-12-10-8-6-4-2)35-29-31(38)23-25-33(35)34-26-24-32(39)30-36(34)37/h23-26,29-30H,3-22,27-28H2,1-2H3. The minimum absolute atomic E-state index is 0.111. The molecule has 0 saturated carbocycles. The van der Waals surface area contributed by atoms with Crippen LogP contribution in [0.3, 0.4) is 0 Å². The summed E-state index contributed by atoms with van der Waals surface area (Å²) in [6.45, 7) is 4.61. The third-order valence-electron chi connectivity index (χ3n) is 9.20. The first-order valence-electron chi connectivity index (χ1n) is 16.7. The van der Waals surface area contributed by atoms with E-state index in [-0.39, 0.29) is 5.41 Å². The first-order valence-corrected chi connectivity index (χ1v) is 17.9. The van der Waals surface area contributed by atoms with Gasteiger partial charge in [0.05, 0.1) is 0 Å². The minimum Gasteiger partial charge on any atom is -0.0843 e. The number of halogens is 2. The zero-order valence-electron chi connectivity index (χ0n) is 25.3. The molecule has 0 saturated heterocycles. The molecule has 218 valence electrons. The third-order valence-corrected chi connectivity index (χ3v) is 9.93. The van der Waals surface area contributed by atoms with Crippen LogP contribution >= 0.6 is 27.5 Å². The Morgan fingerprint density at radius 1 is 0.513 bits per heavy atom. The fourth-order valence-electron chi connectivity index (χ4n) is 6.93. The molecule has 0 N–H and O–H groups in total. The van der Waals surface area contributed by atoms with Crippen LogP contribution in [0.2, 0.25) is 5.02 Å². The fraction of sp³-hybridized carbons (Fsp3) is 0.676. The molecule has 2 aromatic carbocycles. The first kappa shape index (κ1) is 32.7. The summed E-state index contributed by atoms with van der Waals surface area (Å²) in [5.41, 5.74) is 6.00. The molecule has 0 spiro atoms. The molecule has 1 aliphatic carbocycles. The van der Waals surface area contributed by atoms with Crippen molar-refractivity contribution in [1.82, 2.24) is 0 Å². The van der Waals surface area contributed by atoms with E-state index in [0.29, 0.717) is 0 Å². The Labute approximate surface area is 255 Å². The second-order valence-electron chi connectivity index (χ2n) is 12.3. The number of unbranched alkanes of at least 4 members (excludes halogenated alkanes) is 18. The predicted molar refractivity (Wildman–Crippen MR) is 178 cm³/mol. The molecule has 2 aromatic rings. The minimum atomic E-state index is 0.111. The average Bonchev–Trinajstić information content (AvgIpc) is 3.19. The topological polar surface area (TPSA) is 0 Å². The van der Waals surface area contributed by atoms with E-state index < -0.39 is 0 Å². The van der Waals surface area contributed by atoms with Gasteiger partial charge < -0.3 is 0 Å². The lowest BCUT2D eigenvalue weighted by Crippen LogP contribution is -2.25. The Morgan fingerprint density at radius 2 is 0.897 bits per heavy atom. The van der Waals surface area contributed by atoms with Gasteiger partial charge in [-0.3, -0.25) is 0 Å². The van der Waals surface area contributed by atoms with E-state index in [4.69, 9.17) is 11.6 Å². The molecule has 0 radical (unpaired) electrons. The summed E-state index contributed by atoms with van der Waals surface area (Å²) in [5.74, 6) is 0. The Balaban J connectivity index is 1.59. The second-order valence-corrected chi connectivity index (χ2v) is 13.7. The maximum atomic E-state index is 6.64. The van der Waals surface area contributed by atoms with Crippen LogP contribution in [0.5, 0.6) is 0 Å². The predicted octanol–water partition coefficient (Wildman–Crippen LogP) is 14.0. The van der Waals surface area contributed by atoms with Gasteiger partial charge in [0, 0.05) is 14.9 Å². The van der Waals surface area contributed by atoms with Crippen molar-refractivity contribution < 1.29 is 0 Å². The second kappa shape index (κ2) is 18.6. The van der Waals surface area contributed by atoms with Crippen LogP contribution in [0.15, 0.2) is 40.9 Å². The van der Waals surface area contributed by atoms with Crippen molar-refractivity contribution >= 4 is 27.5 Å². The molecule has 0 nitrogen and oxygen atoms in total.